The van der Waals surface area contributed by atoms with Crippen LogP contribution in [0.1, 0.15) is 33.5 Å². The molecule has 0 saturated heterocycles. The van der Waals surface area contributed by atoms with E-state index in [0.717, 1.165) is 18.2 Å². The molecule has 0 atom stereocenters. The molecule has 0 amide bonds. The standard InChI is InChI=1S/C14H26N4O/c1-10(2)14(4,5)9-16-13-8-12(15-6-7-19)17-11(3)18-13/h8,10,19H,6-7,9H2,1-5H3,(H2,15,16,17,18). The van der Waals surface area contributed by atoms with Crippen LogP contribution in [0, 0.1) is 18.3 Å². The van der Waals surface area contributed by atoms with E-state index < -0.39 is 0 Å². The second-order valence-corrected chi connectivity index (χ2v) is 5.83. The van der Waals surface area contributed by atoms with E-state index in [0.29, 0.717) is 18.3 Å². The number of aliphatic hydroxyl groups excluding tert-OH is 1. The van der Waals surface area contributed by atoms with Crippen molar-refractivity contribution in [3.05, 3.63) is 11.9 Å². The number of nitrogens with zero attached hydrogens (tertiary/aromatic N) is 2. The van der Waals surface area contributed by atoms with Gasteiger partial charge in [0.2, 0.25) is 0 Å². The number of hydrogen-bond acceptors (Lipinski definition) is 5. The predicted octanol–water partition coefficient (Wildman–Crippen LogP) is 2.28. The van der Waals surface area contributed by atoms with Crippen LogP contribution in [-0.2, 0) is 0 Å². The van der Waals surface area contributed by atoms with E-state index in [4.69, 9.17) is 5.11 Å². The molecule has 0 fully saturated rings. The Hall–Kier alpha value is -1.36. The molecule has 1 aromatic heterocycles. The quantitative estimate of drug-likeness (QED) is 0.706. The van der Waals surface area contributed by atoms with Crippen LogP contribution in [-0.4, -0.2) is 34.8 Å². The lowest BCUT2D eigenvalue weighted by Crippen LogP contribution is -2.28. The van der Waals surface area contributed by atoms with Crippen LogP contribution in [0.3, 0.4) is 0 Å². The SMILES string of the molecule is Cc1nc(NCCO)cc(NCC(C)(C)C(C)C)n1. The van der Waals surface area contributed by atoms with Crippen molar-refractivity contribution >= 4 is 11.6 Å². The summed E-state index contributed by atoms with van der Waals surface area (Å²) in [5.74, 6) is 2.87. The molecule has 1 aromatic rings. The molecule has 0 unspecified atom stereocenters. The highest BCUT2D eigenvalue weighted by Gasteiger charge is 2.22. The number of aryl methyl sites for hydroxylation is 1. The first-order valence-corrected chi connectivity index (χ1v) is 6.79. The van der Waals surface area contributed by atoms with Crippen LogP contribution >= 0.6 is 0 Å². The fourth-order valence-corrected chi connectivity index (χ4v) is 1.46. The third-order valence-electron chi connectivity index (χ3n) is 3.54. The Morgan fingerprint density at radius 1 is 1.21 bits per heavy atom. The zero-order chi connectivity index (χ0) is 14.5. The van der Waals surface area contributed by atoms with Crippen LogP contribution < -0.4 is 10.6 Å². The van der Waals surface area contributed by atoms with Gasteiger partial charge in [0.15, 0.2) is 0 Å². The molecular weight excluding hydrogens is 240 g/mol. The Morgan fingerprint density at radius 3 is 2.32 bits per heavy atom. The molecule has 5 heteroatoms. The zero-order valence-electron chi connectivity index (χ0n) is 12.6. The van der Waals surface area contributed by atoms with Crippen LogP contribution in [0.4, 0.5) is 11.6 Å². The highest BCUT2D eigenvalue weighted by molar-refractivity contribution is 5.47. The minimum absolute atomic E-state index is 0.0895. The van der Waals surface area contributed by atoms with Crippen LogP contribution in [0.5, 0.6) is 0 Å². The summed E-state index contributed by atoms with van der Waals surface area (Å²) < 4.78 is 0. The van der Waals surface area contributed by atoms with Gasteiger partial charge in [-0.1, -0.05) is 27.7 Å². The highest BCUT2D eigenvalue weighted by atomic mass is 16.3. The average molecular weight is 266 g/mol. The number of rotatable bonds is 7. The molecular formula is C14H26N4O. The van der Waals surface area contributed by atoms with Crippen LogP contribution in [0.25, 0.3) is 0 Å². The van der Waals surface area contributed by atoms with Gasteiger partial charge < -0.3 is 15.7 Å². The first kappa shape index (κ1) is 15.7. The maximum atomic E-state index is 8.82. The van der Waals surface area contributed by atoms with Crippen molar-refractivity contribution < 1.29 is 5.11 Å². The van der Waals surface area contributed by atoms with Gasteiger partial charge in [-0.15, -0.1) is 0 Å². The normalized spacial score (nSPS) is 11.7. The van der Waals surface area contributed by atoms with Crippen molar-refractivity contribution in [1.82, 2.24) is 9.97 Å². The molecule has 1 heterocycles. The minimum atomic E-state index is 0.0895. The first-order chi connectivity index (χ1) is 8.85. The lowest BCUT2D eigenvalue weighted by Gasteiger charge is -2.29. The summed E-state index contributed by atoms with van der Waals surface area (Å²) in [7, 11) is 0. The molecule has 0 radical (unpaired) electrons. The summed E-state index contributed by atoms with van der Waals surface area (Å²) in [6.07, 6.45) is 0. The molecule has 0 aliphatic rings. The summed E-state index contributed by atoms with van der Waals surface area (Å²) in [5.41, 5.74) is 0.206. The van der Waals surface area contributed by atoms with E-state index in [1.54, 1.807) is 0 Å². The van der Waals surface area contributed by atoms with Gasteiger partial charge in [0.05, 0.1) is 6.61 Å². The zero-order valence-corrected chi connectivity index (χ0v) is 12.6. The van der Waals surface area contributed by atoms with E-state index >= 15 is 0 Å². The molecule has 0 spiro atoms. The second-order valence-electron chi connectivity index (χ2n) is 5.83. The Labute approximate surface area is 115 Å². The van der Waals surface area contributed by atoms with Gasteiger partial charge in [0.25, 0.3) is 0 Å². The van der Waals surface area contributed by atoms with Gasteiger partial charge >= 0.3 is 0 Å². The summed E-state index contributed by atoms with van der Waals surface area (Å²) in [6, 6.07) is 1.87. The molecule has 0 bridgehead atoms. The molecule has 0 saturated carbocycles. The number of anilines is 2. The first-order valence-electron chi connectivity index (χ1n) is 6.79. The molecule has 1 rings (SSSR count). The third-order valence-corrected chi connectivity index (χ3v) is 3.54. The summed E-state index contributed by atoms with van der Waals surface area (Å²) in [5, 5.41) is 15.2. The van der Waals surface area contributed by atoms with Crippen molar-refractivity contribution in [1.29, 1.82) is 0 Å². The highest BCUT2D eigenvalue weighted by Crippen LogP contribution is 2.26. The average Bonchev–Trinajstić information content (AvgIpc) is 2.33. The van der Waals surface area contributed by atoms with Gasteiger partial charge in [-0.2, -0.15) is 0 Å². The molecule has 0 aromatic carbocycles. The van der Waals surface area contributed by atoms with E-state index in [2.05, 4.69) is 48.3 Å². The van der Waals surface area contributed by atoms with Crippen molar-refractivity contribution in [2.24, 2.45) is 11.3 Å². The molecule has 108 valence electrons. The smallest absolute Gasteiger partial charge is 0.131 e. The van der Waals surface area contributed by atoms with Gasteiger partial charge in [0, 0.05) is 19.2 Å². The fraction of sp³-hybridized carbons (Fsp3) is 0.714. The topological polar surface area (TPSA) is 70.1 Å². The number of hydrogen-bond donors (Lipinski definition) is 3. The maximum Gasteiger partial charge on any atom is 0.131 e. The largest absolute Gasteiger partial charge is 0.395 e. The van der Waals surface area contributed by atoms with E-state index in [1.807, 2.05) is 13.0 Å². The van der Waals surface area contributed by atoms with Crippen molar-refractivity contribution in [3.63, 3.8) is 0 Å². The number of aliphatic hydroxyl groups is 1. The minimum Gasteiger partial charge on any atom is -0.395 e. The third kappa shape index (κ3) is 5.03. The Kier molecular flexibility index (Phi) is 5.54. The predicted molar refractivity (Wildman–Crippen MR) is 79.5 cm³/mol. The monoisotopic (exact) mass is 266 g/mol. The summed E-state index contributed by atoms with van der Waals surface area (Å²) >= 11 is 0. The Bertz CT molecular complexity index is 404. The Balaban J connectivity index is 2.70. The van der Waals surface area contributed by atoms with Crippen molar-refractivity contribution in [3.8, 4) is 0 Å². The van der Waals surface area contributed by atoms with E-state index in [1.165, 1.54) is 0 Å². The molecule has 5 nitrogen and oxygen atoms in total. The molecule has 19 heavy (non-hydrogen) atoms. The summed E-state index contributed by atoms with van der Waals surface area (Å²) in [6.45, 7) is 12.2. The molecule has 0 aliphatic carbocycles. The fourth-order valence-electron chi connectivity index (χ4n) is 1.46. The number of aromatic nitrogens is 2. The summed E-state index contributed by atoms with van der Waals surface area (Å²) in [4.78, 5) is 8.66. The van der Waals surface area contributed by atoms with E-state index in [-0.39, 0.29) is 12.0 Å². The van der Waals surface area contributed by atoms with E-state index in [9.17, 15) is 0 Å². The number of nitrogens with one attached hydrogen (secondary N) is 2. The van der Waals surface area contributed by atoms with Gasteiger partial charge in [-0.05, 0) is 18.3 Å². The van der Waals surface area contributed by atoms with Crippen molar-refractivity contribution in [2.45, 2.75) is 34.6 Å². The maximum absolute atomic E-state index is 8.82. The second kappa shape index (κ2) is 6.70. The molecule has 0 aliphatic heterocycles. The van der Waals surface area contributed by atoms with Crippen LogP contribution in [0.2, 0.25) is 0 Å². The van der Waals surface area contributed by atoms with Crippen molar-refractivity contribution in [2.75, 3.05) is 30.3 Å². The lowest BCUT2D eigenvalue weighted by molar-refractivity contribution is 0.269. The van der Waals surface area contributed by atoms with Gasteiger partial charge in [-0.3, -0.25) is 0 Å². The van der Waals surface area contributed by atoms with Gasteiger partial charge in [-0.25, -0.2) is 9.97 Å². The molecule has 3 N–H and O–H groups in total. The Morgan fingerprint density at radius 2 is 1.79 bits per heavy atom. The van der Waals surface area contributed by atoms with Crippen LogP contribution in [0.15, 0.2) is 6.07 Å². The van der Waals surface area contributed by atoms with Gasteiger partial charge in [0.1, 0.15) is 17.5 Å². The lowest BCUT2D eigenvalue weighted by atomic mass is 9.81.